The molecule has 0 aromatic rings. The fourth-order valence-corrected chi connectivity index (χ4v) is 2.44. The molecule has 70 valence electrons. The quantitative estimate of drug-likeness (QED) is 0.633. The molecule has 2 saturated heterocycles. The zero-order chi connectivity index (χ0) is 8.60. The highest BCUT2D eigenvalue weighted by Gasteiger charge is 2.40. The molecule has 2 fully saturated rings. The second-order valence-electron chi connectivity index (χ2n) is 4.62. The van der Waals surface area contributed by atoms with Gasteiger partial charge in [-0.2, -0.15) is 0 Å². The molecule has 12 heavy (non-hydrogen) atoms. The van der Waals surface area contributed by atoms with Crippen LogP contribution in [0.25, 0.3) is 0 Å². The molecule has 0 saturated carbocycles. The van der Waals surface area contributed by atoms with Gasteiger partial charge in [0, 0.05) is 18.1 Å². The van der Waals surface area contributed by atoms with Crippen molar-refractivity contribution in [2.24, 2.45) is 0 Å². The van der Waals surface area contributed by atoms with Gasteiger partial charge in [0.1, 0.15) is 0 Å². The van der Waals surface area contributed by atoms with E-state index in [0.29, 0.717) is 5.54 Å². The van der Waals surface area contributed by atoms with E-state index < -0.39 is 0 Å². The number of nitrogens with one attached hydrogen (secondary N) is 1. The first-order valence-corrected chi connectivity index (χ1v) is 5.21. The summed E-state index contributed by atoms with van der Waals surface area (Å²) in [5, 5.41) is 3.60. The van der Waals surface area contributed by atoms with E-state index in [1.165, 1.54) is 38.9 Å². The van der Waals surface area contributed by atoms with Gasteiger partial charge in [-0.15, -0.1) is 0 Å². The second kappa shape index (κ2) is 3.00. The van der Waals surface area contributed by atoms with Gasteiger partial charge in [-0.05, 0) is 46.2 Å². The summed E-state index contributed by atoms with van der Waals surface area (Å²) in [6, 6.07) is 0.726. The molecule has 2 heteroatoms. The Balaban J connectivity index is 1.94. The molecule has 1 N–H and O–H groups in total. The standard InChI is InChI=1S/C10H20N2/c1-9(2)12-7-3-4-10(8-12)5-6-11-10/h9,11H,3-8H2,1-2H3. The van der Waals surface area contributed by atoms with Crippen molar-refractivity contribution in [2.75, 3.05) is 19.6 Å². The number of nitrogens with zero attached hydrogens (tertiary/aromatic N) is 1. The average Bonchev–Trinajstić information content (AvgIpc) is 2.02. The molecule has 0 amide bonds. The van der Waals surface area contributed by atoms with Crippen molar-refractivity contribution in [3.8, 4) is 0 Å². The van der Waals surface area contributed by atoms with E-state index in [-0.39, 0.29) is 0 Å². The van der Waals surface area contributed by atoms with Gasteiger partial charge in [0.05, 0.1) is 0 Å². The van der Waals surface area contributed by atoms with Crippen molar-refractivity contribution in [2.45, 2.75) is 44.7 Å². The van der Waals surface area contributed by atoms with Gasteiger partial charge < -0.3 is 5.32 Å². The maximum atomic E-state index is 3.60. The minimum absolute atomic E-state index is 0.530. The van der Waals surface area contributed by atoms with E-state index in [9.17, 15) is 0 Å². The van der Waals surface area contributed by atoms with Gasteiger partial charge in [0.2, 0.25) is 0 Å². The average molecular weight is 168 g/mol. The fraction of sp³-hybridized carbons (Fsp3) is 1.00. The van der Waals surface area contributed by atoms with Crippen LogP contribution in [0.3, 0.4) is 0 Å². The zero-order valence-corrected chi connectivity index (χ0v) is 8.27. The fourth-order valence-electron chi connectivity index (χ4n) is 2.44. The zero-order valence-electron chi connectivity index (χ0n) is 8.27. The van der Waals surface area contributed by atoms with E-state index in [0.717, 1.165) is 6.04 Å². The Hall–Kier alpha value is -0.0800. The Labute approximate surface area is 75.3 Å². The first kappa shape index (κ1) is 8.52. The highest BCUT2D eigenvalue weighted by atomic mass is 15.2. The minimum atomic E-state index is 0.530. The predicted octanol–water partition coefficient (Wildman–Crippen LogP) is 1.22. The number of hydrogen-bond donors (Lipinski definition) is 1. The van der Waals surface area contributed by atoms with Crippen LogP contribution in [0.5, 0.6) is 0 Å². The van der Waals surface area contributed by atoms with Crippen LogP contribution in [0.1, 0.15) is 33.1 Å². The highest BCUT2D eigenvalue weighted by Crippen LogP contribution is 2.30. The Morgan fingerprint density at radius 2 is 2.08 bits per heavy atom. The molecule has 2 heterocycles. The lowest BCUT2D eigenvalue weighted by Crippen LogP contribution is -2.65. The third-order valence-corrected chi connectivity index (χ3v) is 3.44. The van der Waals surface area contributed by atoms with Gasteiger partial charge in [0.15, 0.2) is 0 Å². The normalized spacial score (nSPS) is 37.2. The number of likely N-dealkylation sites (tertiary alicyclic amines) is 1. The highest BCUT2D eigenvalue weighted by molar-refractivity contribution is 5.01. The van der Waals surface area contributed by atoms with Gasteiger partial charge in [-0.3, -0.25) is 4.90 Å². The van der Waals surface area contributed by atoms with Crippen molar-refractivity contribution in [1.82, 2.24) is 10.2 Å². The van der Waals surface area contributed by atoms with E-state index in [2.05, 4.69) is 24.1 Å². The molecule has 2 nitrogen and oxygen atoms in total. The molecular weight excluding hydrogens is 148 g/mol. The van der Waals surface area contributed by atoms with Crippen molar-refractivity contribution in [3.05, 3.63) is 0 Å². The summed E-state index contributed by atoms with van der Waals surface area (Å²) < 4.78 is 0. The summed E-state index contributed by atoms with van der Waals surface area (Å²) in [4.78, 5) is 2.61. The van der Waals surface area contributed by atoms with Gasteiger partial charge in [-0.25, -0.2) is 0 Å². The van der Waals surface area contributed by atoms with Gasteiger partial charge in [-0.1, -0.05) is 0 Å². The Morgan fingerprint density at radius 1 is 1.33 bits per heavy atom. The van der Waals surface area contributed by atoms with Crippen molar-refractivity contribution in [1.29, 1.82) is 0 Å². The molecule has 2 aliphatic heterocycles. The SMILES string of the molecule is CC(C)N1CCCC2(CCN2)C1. The molecule has 1 spiro atoms. The monoisotopic (exact) mass is 168 g/mol. The van der Waals surface area contributed by atoms with Crippen LogP contribution in [0.2, 0.25) is 0 Å². The second-order valence-corrected chi connectivity index (χ2v) is 4.62. The largest absolute Gasteiger partial charge is 0.310 e. The summed E-state index contributed by atoms with van der Waals surface area (Å²) in [6.07, 6.45) is 4.18. The Kier molecular flexibility index (Phi) is 2.13. The maximum absolute atomic E-state index is 3.60. The van der Waals surface area contributed by atoms with Gasteiger partial charge in [0.25, 0.3) is 0 Å². The van der Waals surface area contributed by atoms with Crippen LogP contribution in [-0.2, 0) is 0 Å². The van der Waals surface area contributed by atoms with Crippen LogP contribution in [0.4, 0.5) is 0 Å². The maximum Gasteiger partial charge on any atom is 0.0321 e. The molecule has 1 atom stereocenters. The molecule has 0 aromatic carbocycles. The molecule has 0 aromatic heterocycles. The van der Waals surface area contributed by atoms with E-state index in [1.54, 1.807) is 0 Å². The van der Waals surface area contributed by atoms with E-state index >= 15 is 0 Å². The van der Waals surface area contributed by atoms with E-state index in [1.807, 2.05) is 0 Å². The molecular formula is C10H20N2. The number of piperidine rings is 1. The van der Waals surface area contributed by atoms with Crippen LogP contribution in [-0.4, -0.2) is 36.1 Å². The molecule has 0 radical (unpaired) electrons. The molecule has 2 rings (SSSR count). The predicted molar refractivity (Wildman–Crippen MR) is 51.3 cm³/mol. The third-order valence-electron chi connectivity index (χ3n) is 3.44. The van der Waals surface area contributed by atoms with Crippen LogP contribution in [0, 0.1) is 0 Å². The third kappa shape index (κ3) is 1.38. The summed E-state index contributed by atoms with van der Waals surface area (Å²) >= 11 is 0. The molecule has 0 bridgehead atoms. The lowest BCUT2D eigenvalue weighted by atomic mass is 9.80. The molecule has 0 aliphatic carbocycles. The first-order valence-electron chi connectivity index (χ1n) is 5.21. The van der Waals surface area contributed by atoms with Crippen molar-refractivity contribution in [3.63, 3.8) is 0 Å². The van der Waals surface area contributed by atoms with Crippen molar-refractivity contribution >= 4 is 0 Å². The van der Waals surface area contributed by atoms with E-state index in [4.69, 9.17) is 0 Å². The Bertz CT molecular complexity index is 161. The summed E-state index contributed by atoms with van der Waals surface area (Å²) in [6.45, 7) is 8.44. The first-order chi connectivity index (χ1) is 5.72. The van der Waals surface area contributed by atoms with Gasteiger partial charge >= 0.3 is 0 Å². The minimum Gasteiger partial charge on any atom is -0.310 e. The van der Waals surface area contributed by atoms with Crippen LogP contribution in [0.15, 0.2) is 0 Å². The van der Waals surface area contributed by atoms with Crippen LogP contribution < -0.4 is 5.32 Å². The molecule has 2 aliphatic rings. The summed E-state index contributed by atoms with van der Waals surface area (Å²) in [5.41, 5.74) is 0.530. The number of hydrogen-bond acceptors (Lipinski definition) is 2. The lowest BCUT2D eigenvalue weighted by molar-refractivity contribution is 0.0537. The smallest absolute Gasteiger partial charge is 0.0321 e. The van der Waals surface area contributed by atoms with Crippen LogP contribution >= 0.6 is 0 Å². The lowest BCUT2D eigenvalue weighted by Gasteiger charge is -2.50. The molecule has 1 unspecified atom stereocenters. The summed E-state index contributed by atoms with van der Waals surface area (Å²) in [5.74, 6) is 0. The summed E-state index contributed by atoms with van der Waals surface area (Å²) in [7, 11) is 0. The van der Waals surface area contributed by atoms with Crippen molar-refractivity contribution < 1.29 is 0 Å². The Morgan fingerprint density at radius 3 is 2.58 bits per heavy atom. The topological polar surface area (TPSA) is 15.3 Å². The number of rotatable bonds is 1.